The summed E-state index contributed by atoms with van der Waals surface area (Å²) in [4.78, 5) is 6.43. The van der Waals surface area contributed by atoms with E-state index in [4.69, 9.17) is 5.84 Å². The molecule has 0 rings (SSSR count). The number of nitrogens with two attached hydrogens (primary N) is 1. The summed E-state index contributed by atoms with van der Waals surface area (Å²) in [5.74, 6) is 7.82. The van der Waals surface area contributed by atoms with Gasteiger partial charge in [-0.2, -0.15) is 11.8 Å². The number of nitrogens with one attached hydrogen (secondary N) is 1. The van der Waals surface area contributed by atoms with Crippen molar-refractivity contribution in [1.29, 1.82) is 0 Å². The molecular weight excluding hydrogens is 196 g/mol. The Bertz CT molecular complexity index is 170. The molecule has 84 valence electrons. The highest BCUT2D eigenvalue weighted by atomic mass is 32.2. The average Bonchev–Trinajstić information content (AvgIpc) is 2.15. The Morgan fingerprint density at radius 3 is 2.64 bits per heavy atom. The van der Waals surface area contributed by atoms with Gasteiger partial charge in [0.05, 0.1) is 0 Å². The van der Waals surface area contributed by atoms with E-state index < -0.39 is 0 Å². The molecule has 0 aromatic heterocycles. The minimum absolute atomic E-state index is 0.562. The minimum atomic E-state index is 0.562. The second-order valence-corrected chi connectivity index (χ2v) is 4.60. The molecule has 0 spiro atoms. The molecule has 14 heavy (non-hydrogen) atoms. The fourth-order valence-electron chi connectivity index (χ4n) is 0.880. The van der Waals surface area contributed by atoms with Crippen molar-refractivity contribution in [3.63, 3.8) is 0 Å². The van der Waals surface area contributed by atoms with Gasteiger partial charge in [0.2, 0.25) is 5.96 Å². The summed E-state index contributed by atoms with van der Waals surface area (Å²) in [6.45, 7) is 6.05. The maximum atomic E-state index is 5.40. The molecule has 0 fully saturated rings. The van der Waals surface area contributed by atoms with Gasteiger partial charge in [-0.1, -0.05) is 13.8 Å². The number of thioether (sulfide) groups is 1. The SMILES string of the molecule is CSCCN(C)C(=NCC(C)C)NN. The largest absolute Gasteiger partial charge is 0.344 e. The molecule has 4 nitrogen and oxygen atoms in total. The maximum absolute atomic E-state index is 5.40. The Kier molecular flexibility index (Phi) is 7.70. The van der Waals surface area contributed by atoms with Crippen molar-refractivity contribution in [2.24, 2.45) is 16.8 Å². The van der Waals surface area contributed by atoms with Gasteiger partial charge < -0.3 is 4.90 Å². The molecule has 0 aromatic carbocycles. The van der Waals surface area contributed by atoms with Crippen molar-refractivity contribution < 1.29 is 0 Å². The standard InChI is InChI=1S/C9H22N4S/c1-8(2)7-11-9(12-10)13(3)5-6-14-4/h8H,5-7,10H2,1-4H3,(H,11,12). The van der Waals surface area contributed by atoms with E-state index >= 15 is 0 Å². The number of hydrogen-bond acceptors (Lipinski definition) is 3. The smallest absolute Gasteiger partial charge is 0.208 e. The van der Waals surface area contributed by atoms with E-state index in [9.17, 15) is 0 Å². The molecule has 5 heteroatoms. The molecule has 0 unspecified atom stereocenters. The van der Waals surface area contributed by atoms with Gasteiger partial charge in [0.15, 0.2) is 0 Å². The summed E-state index contributed by atoms with van der Waals surface area (Å²) in [7, 11) is 2.00. The van der Waals surface area contributed by atoms with Crippen LogP contribution < -0.4 is 11.3 Å². The number of aliphatic imine (C=N–C) groups is 1. The monoisotopic (exact) mass is 218 g/mol. The van der Waals surface area contributed by atoms with Crippen LogP contribution in [0.3, 0.4) is 0 Å². The highest BCUT2D eigenvalue weighted by molar-refractivity contribution is 7.98. The first-order valence-electron chi connectivity index (χ1n) is 4.83. The second-order valence-electron chi connectivity index (χ2n) is 3.62. The molecule has 0 atom stereocenters. The normalized spacial score (nSPS) is 12.0. The number of rotatable bonds is 5. The Morgan fingerprint density at radius 1 is 1.57 bits per heavy atom. The van der Waals surface area contributed by atoms with Gasteiger partial charge in [0.25, 0.3) is 0 Å². The number of hydrogen-bond donors (Lipinski definition) is 2. The minimum Gasteiger partial charge on any atom is -0.344 e. The lowest BCUT2D eigenvalue weighted by Gasteiger charge is -2.20. The Morgan fingerprint density at radius 2 is 2.21 bits per heavy atom. The van der Waals surface area contributed by atoms with Crippen LogP contribution in [-0.2, 0) is 0 Å². The molecular formula is C9H22N4S. The van der Waals surface area contributed by atoms with Crippen LogP contribution in [0.4, 0.5) is 0 Å². The number of guanidine groups is 1. The zero-order valence-electron chi connectivity index (χ0n) is 9.58. The summed E-state index contributed by atoms with van der Waals surface area (Å²) in [5.41, 5.74) is 2.63. The highest BCUT2D eigenvalue weighted by Gasteiger charge is 2.03. The number of nitrogens with zero attached hydrogens (tertiary/aromatic N) is 2. The molecule has 0 aliphatic rings. The lowest BCUT2D eigenvalue weighted by molar-refractivity contribution is 0.508. The molecule has 0 saturated carbocycles. The fraction of sp³-hybridized carbons (Fsp3) is 0.889. The number of hydrazine groups is 1. The van der Waals surface area contributed by atoms with E-state index in [0.717, 1.165) is 24.8 Å². The maximum Gasteiger partial charge on any atom is 0.208 e. The first kappa shape index (κ1) is 13.6. The summed E-state index contributed by atoms with van der Waals surface area (Å²) in [6, 6.07) is 0. The molecule has 3 N–H and O–H groups in total. The molecule has 0 bridgehead atoms. The summed E-state index contributed by atoms with van der Waals surface area (Å²) >= 11 is 1.82. The molecule has 0 aliphatic carbocycles. The predicted molar refractivity (Wildman–Crippen MR) is 65.5 cm³/mol. The van der Waals surface area contributed by atoms with E-state index in [1.165, 1.54) is 0 Å². The Balaban J connectivity index is 4.03. The lowest BCUT2D eigenvalue weighted by Crippen LogP contribution is -2.43. The quantitative estimate of drug-likeness (QED) is 0.309. The van der Waals surface area contributed by atoms with Crippen LogP contribution in [0.15, 0.2) is 4.99 Å². The molecule has 0 aliphatic heterocycles. The van der Waals surface area contributed by atoms with E-state index in [2.05, 4.69) is 30.5 Å². The molecule has 0 heterocycles. The lowest BCUT2D eigenvalue weighted by atomic mass is 10.2. The highest BCUT2D eigenvalue weighted by Crippen LogP contribution is 1.96. The Labute approximate surface area is 91.3 Å². The third kappa shape index (κ3) is 6.10. The third-order valence-electron chi connectivity index (χ3n) is 1.73. The zero-order valence-corrected chi connectivity index (χ0v) is 10.4. The first-order chi connectivity index (χ1) is 6.61. The van der Waals surface area contributed by atoms with Crippen molar-refractivity contribution in [3.8, 4) is 0 Å². The first-order valence-corrected chi connectivity index (χ1v) is 6.22. The van der Waals surface area contributed by atoms with Gasteiger partial charge in [-0.3, -0.25) is 10.4 Å². The van der Waals surface area contributed by atoms with E-state index in [-0.39, 0.29) is 0 Å². The van der Waals surface area contributed by atoms with E-state index in [0.29, 0.717) is 5.92 Å². The van der Waals surface area contributed by atoms with Crippen LogP contribution in [0.1, 0.15) is 13.8 Å². The fourth-order valence-corrected chi connectivity index (χ4v) is 1.34. The average molecular weight is 218 g/mol. The van der Waals surface area contributed by atoms with Crippen LogP contribution >= 0.6 is 11.8 Å². The van der Waals surface area contributed by atoms with Crippen LogP contribution in [0.5, 0.6) is 0 Å². The van der Waals surface area contributed by atoms with Crippen molar-refractivity contribution in [2.45, 2.75) is 13.8 Å². The van der Waals surface area contributed by atoms with E-state index in [1.807, 2.05) is 23.7 Å². The van der Waals surface area contributed by atoms with Crippen molar-refractivity contribution in [3.05, 3.63) is 0 Å². The van der Waals surface area contributed by atoms with Crippen molar-refractivity contribution >= 4 is 17.7 Å². The van der Waals surface area contributed by atoms with Crippen LogP contribution in [0, 0.1) is 5.92 Å². The van der Waals surface area contributed by atoms with Gasteiger partial charge in [-0.25, -0.2) is 5.84 Å². The van der Waals surface area contributed by atoms with E-state index in [1.54, 1.807) is 0 Å². The van der Waals surface area contributed by atoms with Gasteiger partial charge >= 0.3 is 0 Å². The molecule has 0 aromatic rings. The summed E-state index contributed by atoms with van der Waals surface area (Å²) in [6.07, 6.45) is 2.09. The van der Waals surface area contributed by atoms with Gasteiger partial charge in [-0.05, 0) is 12.2 Å². The summed E-state index contributed by atoms with van der Waals surface area (Å²) < 4.78 is 0. The molecule has 0 saturated heterocycles. The molecule has 0 radical (unpaired) electrons. The predicted octanol–water partition coefficient (Wildman–Crippen LogP) is 0.757. The topological polar surface area (TPSA) is 53.6 Å². The van der Waals surface area contributed by atoms with Gasteiger partial charge in [0, 0.05) is 25.9 Å². The van der Waals surface area contributed by atoms with Crippen LogP contribution in [-0.4, -0.2) is 43.0 Å². The van der Waals surface area contributed by atoms with Crippen molar-refractivity contribution in [2.75, 3.05) is 32.1 Å². The zero-order chi connectivity index (χ0) is 11.0. The molecule has 0 amide bonds. The Hall–Kier alpha value is -0.420. The van der Waals surface area contributed by atoms with Crippen LogP contribution in [0.25, 0.3) is 0 Å². The third-order valence-corrected chi connectivity index (χ3v) is 2.32. The van der Waals surface area contributed by atoms with Crippen molar-refractivity contribution in [1.82, 2.24) is 10.3 Å². The van der Waals surface area contributed by atoms with Crippen LogP contribution in [0.2, 0.25) is 0 Å². The van der Waals surface area contributed by atoms with Gasteiger partial charge in [0.1, 0.15) is 0 Å². The second kappa shape index (κ2) is 7.94. The summed E-state index contributed by atoms with van der Waals surface area (Å²) in [5, 5.41) is 0. The van der Waals surface area contributed by atoms with Gasteiger partial charge in [-0.15, -0.1) is 0 Å².